The molecule has 0 N–H and O–H groups in total. The van der Waals surface area contributed by atoms with Crippen LogP contribution in [0, 0.1) is 18.3 Å². The van der Waals surface area contributed by atoms with Gasteiger partial charge >= 0.3 is 0 Å². The molecule has 0 aromatic heterocycles. The van der Waals surface area contributed by atoms with Crippen LogP contribution in [-0.2, 0) is 0 Å². The number of hydrogen-bond donors (Lipinski definition) is 0. The average Bonchev–Trinajstić information content (AvgIpc) is 2.19. The van der Waals surface area contributed by atoms with E-state index < -0.39 is 0 Å². The summed E-state index contributed by atoms with van der Waals surface area (Å²) in [7, 11) is 0. The normalized spacial score (nSPS) is 26.2. The Labute approximate surface area is 80.1 Å². The molecule has 1 heteroatoms. The maximum Gasteiger partial charge on any atom is 0.0788 e. The summed E-state index contributed by atoms with van der Waals surface area (Å²) in [5, 5.41) is 0. The molecule has 0 bridgehead atoms. The number of piperidine rings is 1. The summed E-state index contributed by atoms with van der Waals surface area (Å²) in [6.07, 6.45) is 15.8. The van der Waals surface area contributed by atoms with Crippen molar-refractivity contribution >= 4 is 0 Å². The predicted molar refractivity (Wildman–Crippen MR) is 55.0 cm³/mol. The van der Waals surface area contributed by atoms with Crippen molar-refractivity contribution in [1.29, 1.82) is 0 Å². The fourth-order valence-corrected chi connectivity index (χ4v) is 2.23. The van der Waals surface area contributed by atoms with Crippen LogP contribution in [0.15, 0.2) is 23.9 Å². The smallest absolute Gasteiger partial charge is 0.0788 e. The number of terminal acetylenes is 1. The molecule has 1 unspecified atom stereocenters. The quantitative estimate of drug-likeness (QED) is 0.549. The molecule has 0 spiro atoms. The molecule has 1 atom stereocenters. The second kappa shape index (κ2) is 3.70. The molecule has 13 heavy (non-hydrogen) atoms. The topological polar surface area (TPSA) is 3.24 Å². The molecule has 0 amide bonds. The summed E-state index contributed by atoms with van der Waals surface area (Å²) in [6.45, 7) is 1.91. The van der Waals surface area contributed by atoms with E-state index >= 15 is 0 Å². The lowest BCUT2D eigenvalue weighted by Gasteiger charge is -2.37. The molecule has 2 aliphatic rings. The first-order chi connectivity index (χ1) is 6.42. The van der Waals surface area contributed by atoms with E-state index in [1.807, 2.05) is 0 Å². The third-order valence-corrected chi connectivity index (χ3v) is 2.87. The highest BCUT2D eigenvalue weighted by atomic mass is 15.1. The number of likely N-dealkylation sites (tertiary alicyclic amines) is 1. The number of hydrogen-bond acceptors (Lipinski definition) is 1. The van der Waals surface area contributed by atoms with Gasteiger partial charge in [-0.1, -0.05) is 18.1 Å². The van der Waals surface area contributed by atoms with Crippen molar-refractivity contribution in [1.82, 2.24) is 4.90 Å². The van der Waals surface area contributed by atoms with Crippen molar-refractivity contribution < 1.29 is 0 Å². The van der Waals surface area contributed by atoms with E-state index in [0.29, 0.717) is 0 Å². The van der Waals surface area contributed by atoms with Gasteiger partial charge in [-0.2, -0.15) is 0 Å². The van der Waals surface area contributed by atoms with Gasteiger partial charge in [0, 0.05) is 18.2 Å². The summed E-state index contributed by atoms with van der Waals surface area (Å²) in [4.78, 5) is 2.34. The average molecular weight is 173 g/mol. The first kappa shape index (κ1) is 8.44. The van der Waals surface area contributed by atoms with Crippen molar-refractivity contribution in [2.75, 3.05) is 13.1 Å². The Morgan fingerprint density at radius 3 is 3.38 bits per heavy atom. The zero-order valence-corrected chi connectivity index (χ0v) is 7.87. The van der Waals surface area contributed by atoms with Gasteiger partial charge in [-0.25, -0.2) is 0 Å². The van der Waals surface area contributed by atoms with Crippen LogP contribution >= 0.6 is 0 Å². The van der Waals surface area contributed by atoms with Gasteiger partial charge < -0.3 is 4.90 Å². The van der Waals surface area contributed by atoms with Crippen molar-refractivity contribution in [2.45, 2.75) is 19.3 Å². The number of allylic oxidation sites excluding steroid dienone is 4. The lowest BCUT2D eigenvalue weighted by molar-refractivity contribution is 0.262. The largest absolute Gasteiger partial charge is 0.363 e. The Hall–Kier alpha value is -1.16. The van der Waals surface area contributed by atoms with Gasteiger partial charge in [-0.3, -0.25) is 0 Å². The van der Waals surface area contributed by atoms with E-state index in [4.69, 9.17) is 6.42 Å². The molecule has 1 nitrogen and oxygen atoms in total. The predicted octanol–water partition coefficient (Wildman–Crippen LogP) is 2.18. The highest BCUT2D eigenvalue weighted by molar-refractivity contribution is 5.22. The van der Waals surface area contributed by atoms with E-state index in [-0.39, 0.29) is 0 Å². The Morgan fingerprint density at radius 2 is 2.54 bits per heavy atom. The SMILES string of the molecule is C#CCN1CCCC2CC=CC=C21. The monoisotopic (exact) mass is 173 g/mol. The third-order valence-electron chi connectivity index (χ3n) is 2.87. The van der Waals surface area contributed by atoms with Crippen LogP contribution < -0.4 is 0 Å². The molecule has 1 aliphatic carbocycles. The fraction of sp³-hybridized carbons (Fsp3) is 0.500. The second-order valence-electron chi connectivity index (χ2n) is 3.72. The third kappa shape index (κ3) is 1.62. The molecule has 68 valence electrons. The lowest BCUT2D eigenvalue weighted by Crippen LogP contribution is -2.34. The van der Waals surface area contributed by atoms with Gasteiger partial charge in [0.05, 0.1) is 6.54 Å². The molecule has 0 saturated carbocycles. The summed E-state index contributed by atoms with van der Waals surface area (Å²) in [5.41, 5.74) is 1.46. The summed E-state index contributed by atoms with van der Waals surface area (Å²) in [5.74, 6) is 3.47. The van der Waals surface area contributed by atoms with Crippen LogP contribution in [-0.4, -0.2) is 18.0 Å². The van der Waals surface area contributed by atoms with E-state index in [0.717, 1.165) is 19.0 Å². The molecule has 1 aliphatic heterocycles. The van der Waals surface area contributed by atoms with Crippen LogP contribution in [0.25, 0.3) is 0 Å². The minimum Gasteiger partial charge on any atom is -0.363 e. The Morgan fingerprint density at radius 1 is 1.62 bits per heavy atom. The maximum absolute atomic E-state index is 5.34. The Kier molecular flexibility index (Phi) is 2.40. The first-order valence-electron chi connectivity index (χ1n) is 4.97. The van der Waals surface area contributed by atoms with Crippen molar-refractivity contribution in [3.63, 3.8) is 0 Å². The standard InChI is InChI=1S/C12H15N/c1-2-9-13-10-5-7-11-6-3-4-8-12(11)13/h1,3-4,8,11H,5-7,9-10H2. The van der Waals surface area contributed by atoms with Crippen molar-refractivity contribution in [3.8, 4) is 12.3 Å². The fourth-order valence-electron chi connectivity index (χ4n) is 2.23. The summed E-state index contributed by atoms with van der Waals surface area (Å²) < 4.78 is 0. The van der Waals surface area contributed by atoms with E-state index in [1.54, 1.807) is 0 Å². The minimum absolute atomic E-state index is 0.743. The molecular weight excluding hydrogens is 158 g/mol. The van der Waals surface area contributed by atoms with Crippen molar-refractivity contribution in [2.24, 2.45) is 5.92 Å². The van der Waals surface area contributed by atoms with Crippen molar-refractivity contribution in [3.05, 3.63) is 23.9 Å². The molecule has 0 aromatic rings. The molecule has 0 radical (unpaired) electrons. The number of nitrogens with zero attached hydrogens (tertiary/aromatic N) is 1. The van der Waals surface area contributed by atoms with Crippen LogP contribution in [0.2, 0.25) is 0 Å². The Balaban J connectivity index is 2.15. The highest BCUT2D eigenvalue weighted by Gasteiger charge is 2.24. The van der Waals surface area contributed by atoms with E-state index in [2.05, 4.69) is 29.0 Å². The molecule has 1 saturated heterocycles. The number of rotatable bonds is 1. The van der Waals surface area contributed by atoms with E-state index in [1.165, 1.54) is 25.0 Å². The van der Waals surface area contributed by atoms with E-state index in [9.17, 15) is 0 Å². The van der Waals surface area contributed by atoms with Gasteiger partial charge in [0.15, 0.2) is 0 Å². The molecule has 0 aromatic carbocycles. The van der Waals surface area contributed by atoms with Crippen LogP contribution in [0.5, 0.6) is 0 Å². The number of fused-ring (bicyclic) bond motifs is 1. The van der Waals surface area contributed by atoms with Gasteiger partial charge in [-0.15, -0.1) is 6.42 Å². The molecule has 1 heterocycles. The summed E-state index contributed by atoms with van der Waals surface area (Å²) >= 11 is 0. The highest BCUT2D eigenvalue weighted by Crippen LogP contribution is 2.31. The van der Waals surface area contributed by atoms with Crippen LogP contribution in [0.1, 0.15) is 19.3 Å². The molecule has 2 rings (SSSR count). The van der Waals surface area contributed by atoms with Gasteiger partial charge in [0.25, 0.3) is 0 Å². The lowest BCUT2D eigenvalue weighted by atomic mass is 9.88. The second-order valence-corrected chi connectivity index (χ2v) is 3.72. The van der Waals surface area contributed by atoms with Crippen LogP contribution in [0.4, 0.5) is 0 Å². The Bertz CT molecular complexity index is 280. The maximum atomic E-state index is 5.34. The van der Waals surface area contributed by atoms with Gasteiger partial charge in [-0.05, 0) is 25.3 Å². The summed E-state index contributed by atoms with van der Waals surface area (Å²) in [6, 6.07) is 0. The van der Waals surface area contributed by atoms with Gasteiger partial charge in [0.1, 0.15) is 0 Å². The van der Waals surface area contributed by atoms with Gasteiger partial charge in [0.2, 0.25) is 0 Å². The first-order valence-corrected chi connectivity index (χ1v) is 4.97. The minimum atomic E-state index is 0.743. The molecule has 1 fully saturated rings. The molecular formula is C12H15N. The zero-order chi connectivity index (χ0) is 9.10. The zero-order valence-electron chi connectivity index (χ0n) is 7.87. The van der Waals surface area contributed by atoms with Crippen LogP contribution in [0.3, 0.4) is 0 Å².